The second-order valence-electron chi connectivity index (χ2n) is 17.1. The first-order valence-electron chi connectivity index (χ1n) is 22.8. The molecule has 10 aromatic rings. The van der Waals surface area contributed by atoms with E-state index in [1.165, 1.54) is 10.9 Å². The topological polar surface area (TPSA) is 94.5 Å². The van der Waals surface area contributed by atoms with Gasteiger partial charge in [-0.05, 0) is 80.5 Å². The van der Waals surface area contributed by atoms with Crippen LogP contribution in [0.25, 0.3) is 56.4 Å². The van der Waals surface area contributed by atoms with Gasteiger partial charge in [-0.15, -0.1) is 0 Å². The Morgan fingerprint density at radius 2 is 0.696 bits per heavy atom. The van der Waals surface area contributed by atoms with Crippen molar-refractivity contribution in [2.24, 2.45) is 0 Å². The fourth-order valence-corrected chi connectivity index (χ4v) is 10.0. The molecule has 3 heterocycles. The molecule has 1 aromatic heterocycles. The van der Waals surface area contributed by atoms with E-state index in [1.54, 1.807) is 24.3 Å². The molecule has 0 atom stereocenters. The number of ether oxygens (including phenoxy) is 2. The highest BCUT2D eigenvalue weighted by molar-refractivity contribution is 7.02. The summed E-state index contributed by atoms with van der Waals surface area (Å²) in [4.78, 5) is 40.1. The highest BCUT2D eigenvalue weighted by Crippen LogP contribution is 2.39. The standard InChI is InChI=1S/C59H38B2N4O4/c66-37-68-48-31-23-41(24-32-48)39-19-27-46(28-20-39)60-50-15-7-9-17-54(50)65-55-18-10-8-16-51(55)61(47-29-21-40(22-30-47)42-25-33-49(34-26-42)69-38-67)53-36-45(35-52(60)56(53)65)59-63-57(43-11-3-1-4-12-43)62-58(64-59)44-13-5-2-6-14-44/h1-38H. The number of aromatic nitrogens is 3. The van der Waals surface area contributed by atoms with Crippen LogP contribution in [0.2, 0.25) is 0 Å². The van der Waals surface area contributed by atoms with Crippen molar-refractivity contribution in [1.29, 1.82) is 0 Å². The minimum Gasteiger partial charge on any atom is -0.429 e. The summed E-state index contributed by atoms with van der Waals surface area (Å²) in [6, 6.07) is 75.0. The molecule has 0 radical (unpaired) electrons. The van der Waals surface area contributed by atoms with Crippen molar-refractivity contribution in [3.05, 3.63) is 218 Å². The molecule has 0 spiro atoms. The van der Waals surface area contributed by atoms with Gasteiger partial charge in [-0.2, -0.15) is 0 Å². The van der Waals surface area contributed by atoms with Crippen molar-refractivity contribution in [1.82, 2.24) is 15.0 Å². The van der Waals surface area contributed by atoms with E-state index < -0.39 is 0 Å². The van der Waals surface area contributed by atoms with Gasteiger partial charge in [-0.3, -0.25) is 9.59 Å². The summed E-state index contributed by atoms with van der Waals surface area (Å²) in [5.74, 6) is 2.77. The third-order valence-electron chi connectivity index (χ3n) is 13.2. The molecule has 12 rings (SSSR count). The number of benzene rings is 9. The summed E-state index contributed by atoms with van der Waals surface area (Å²) in [5.41, 5.74) is 17.1. The van der Waals surface area contributed by atoms with E-state index in [4.69, 9.17) is 24.4 Å². The van der Waals surface area contributed by atoms with E-state index in [0.717, 1.165) is 77.9 Å². The zero-order valence-electron chi connectivity index (χ0n) is 37.0. The summed E-state index contributed by atoms with van der Waals surface area (Å²) < 4.78 is 10.2. The first-order chi connectivity index (χ1) is 34.1. The lowest BCUT2D eigenvalue weighted by Crippen LogP contribution is -2.65. The molecule has 0 fully saturated rings. The Morgan fingerprint density at radius 1 is 0.348 bits per heavy atom. The van der Waals surface area contributed by atoms with Gasteiger partial charge in [0.25, 0.3) is 12.9 Å². The molecule has 0 N–H and O–H groups in total. The molecule has 324 valence electrons. The number of hydrogen-bond donors (Lipinski definition) is 0. The average molecular weight is 889 g/mol. The van der Waals surface area contributed by atoms with Gasteiger partial charge in [0.2, 0.25) is 13.4 Å². The number of hydrogen-bond acceptors (Lipinski definition) is 8. The summed E-state index contributed by atoms with van der Waals surface area (Å²) in [6.45, 7) is 0.566. The largest absolute Gasteiger partial charge is 0.429 e. The molecule has 9 aromatic carbocycles. The van der Waals surface area contributed by atoms with Gasteiger partial charge >= 0.3 is 0 Å². The van der Waals surface area contributed by atoms with E-state index in [0.29, 0.717) is 41.9 Å². The van der Waals surface area contributed by atoms with Crippen LogP contribution in [-0.4, -0.2) is 41.3 Å². The zero-order chi connectivity index (χ0) is 46.3. The Kier molecular flexibility index (Phi) is 10.5. The molecule has 0 saturated heterocycles. The number of fused-ring (bicyclic) bond motifs is 4. The Labute approximate surface area is 399 Å². The Morgan fingerprint density at radius 3 is 1.09 bits per heavy atom. The minimum absolute atomic E-state index is 0.160. The highest BCUT2D eigenvalue weighted by Gasteiger charge is 2.43. The van der Waals surface area contributed by atoms with Gasteiger partial charge in [0.15, 0.2) is 17.5 Å². The minimum atomic E-state index is -0.160. The van der Waals surface area contributed by atoms with E-state index in [2.05, 4.69) is 114 Å². The summed E-state index contributed by atoms with van der Waals surface area (Å²) >= 11 is 0. The molecule has 0 bridgehead atoms. The highest BCUT2D eigenvalue weighted by atomic mass is 16.5. The molecule has 8 nitrogen and oxygen atoms in total. The maximum Gasteiger partial charge on any atom is 0.298 e. The predicted octanol–water partition coefficient (Wildman–Crippen LogP) is 8.41. The summed E-state index contributed by atoms with van der Waals surface area (Å²) in [5, 5.41) is 0. The first-order valence-corrected chi connectivity index (χ1v) is 22.8. The number of carbonyl (C=O) groups is 2. The van der Waals surface area contributed by atoms with Gasteiger partial charge in [-0.25, -0.2) is 15.0 Å². The molecule has 69 heavy (non-hydrogen) atoms. The Hall–Kier alpha value is -9.14. The van der Waals surface area contributed by atoms with Crippen LogP contribution < -0.4 is 47.2 Å². The Bertz CT molecular complexity index is 3310. The number of para-hydroxylation sites is 2. The van der Waals surface area contributed by atoms with Crippen molar-refractivity contribution in [3.63, 3.8) is 0 Å². The smallest absolute Gasteiger partial charge is 0.298 e. The van der Waals surface area contributed by atoms with Gasteiger partial charge < -0.3 is 14.4 Å². The number of nitrogens with zero attached hydrogens (tertiary/aromatic N) is 4. The maximum absolute atomic E-state index is 11.0. The lowest BCUT2D eigenvalue weighted by Gasteiger charge is -2.44. The fraction of sp³-hybridized carbons (Fsp3) is 0. The van der Waals surface area contributed by atoms with E-state index in [1.807, 2.05) is 84.9 Å². The molecule has 2 aliphatic heterocycles. The van der Waals surface area contributed by atoms with Crippen LogP contribution in [0.1, 0.15) is 0 Å². The van der Waals surface area contributed by atoms with Crippen LogP contribution in [0, 0.1) is 0 Å². The zero-order valence-corrected chi connectivity index (χ0v) is 37.0. The van der Waals surface area contributed by atoms with Crippen molar-refractivity contribution < 1.29 is 19.1 Å². The van der Waals surface area contributed by atoms with Gasteiger partial charge in [0.05, 0.1) is 0 Å². The van der Waals surface area contributed by atoms with Crippen LogP contribution in [0.4, 0.5) is 17.1 Å². The average Bonchev–Trinajstić information content (AvgIpc) is 3.42. The summed E-state index contributed by atoms with van der Waals surface area (Å²) in [6.07, 6.45) is 0. The number of rotatable bonds is 11. The van der Waals surface area contributed by atoms with Crippen molar-refractivity contribution >= 4 is 76.2 Å². The molecular formula is C59H38B2N4O4. The Balaban J connectivity index is 1.09. The molecular weight excluding hydrogens is 850 g/mol. The van der Waals surface area contributed by atoms with Crippen LogP contribution in [0.3, 0.4) is 0 Å². The van der Waals surface area contributed by atoms with Crippen LogP contribution in [0.15, 0.2) is 218 Å². The third-order valence-corrected chi connectivity index (χ3v) is 13.2. The first kappa shape index (κ1) is 41.3. The SMILES string of the molecule is O=COc1ccc(-c2ccc(B3c4ccccc4N4c5ccccc5B(c5ccc(-c6ccc(OC=O)cc6)cc5)c5cc(-c6nc(-c7ccccc7)nc(-c7ccccc7)n6)cc3c54)cc2)cc1. The quantitative estimate of drug-likeness (QED) is 0.0945. The van der Waals surface area contributed by atoms with Crippen LogP contribution in [0.5, 0.6) is 11.5 Å². The molecule has 10 heteroatoms. The van der Waals surface area contributed by atoms with Gasteiger partial charge in [0, 0.05) is 33.8 Å². The van der Waals surface area contributed by atoms with Crippen LogP contribution >= 0.6 is 0 Å². The molecule has 0 amide bonds. The van der Waals surface area contributed by atoms with Gasteiger partial charge in [-0.1, -0.05) is 193 Å². The predicted molar refractivity (Wildman–Crippen MR) is 277 cm³/mol. The second-order valence-corrected chi connectivity index (χ2v) is 17.1. The lowest BCUT2D eigenvalue weighted by molar-refractivity contribution is -0.121. The monoisotopic (exact) mass is 888 g/mol. The normalized spacial score (nSPS) is 12.1. The van der Waals surface area contributed by atoms with E-state index >= 15 is 0 Å². The fourth-order valence-electron chi connectivity index (χ4n) is 10.0. The van der Waals surface area contributed by atoms with Crippen molar-refractivity contribution in [3.8, 4) is 67.9 Å². The second kappa shape index (κ2) is 17.6. The number of anilines is 3. The third kappa shape index (κ3) is 7.54. The van der Waals surface area contributed by atoms with Crippen molar-refractivity contribution in [2.45, 2.75) is 0 Å². The number of carbonyl (C=O) groups excluding carboxylic acids is 2. The molecule has 2 aliphatic rings. The van der Waals surface area contributed by atoms with E-state index in [-0.39, 0.29) is 13.4 Å². The summed E-state index contributed by atoms with van der Waals surface area (Å²) in [7, 11) is 0. The molecule has 0 unspecified atom stereocenters. The lowest BCUT2D eigenvalue weighted by atomic mass is 9.30. The molecule has 0 saturated carbocycles. The van der Waals surface area contributed by atoms with Gasteiger partial charge in [0.1, 0.15) is 11.5 Å². The van der Waals surface area contributed by atoms with Crippen LogP contribution in [-0.2, 0) is 9.59 Å². The van der Waals surface area contributed by atoms with Crippen molar-refractivity contribution in [2.75, 3.05) is 4.90 Å². The van der Waals surface area contributed by atoms with E-state index in [9.17, 15) is 9.59 Å². The molecule has 0 aliphatic carbocycles. The maximum atomic E-state index is 11.0.